The Kier molecular flexibility index (Phi) is 5.05. The Morgan fingerprint density at radius 3 is 2.61 bits per heavy atom. The maximum Gasteiger partial charge on any atom is 0.138 e. The maximum absolute atomic E-state index is 6.26. The third kappa shape index (κ3) is 3.73. The Morgan fingerprint density at radius 2 is 1.72 bits per heavy atom. The standard InChI is InChI=1S/C29H25N5O2/c1-2-4-21(5-3-1)36-22-10-20(13-30-14-22)18-6-7-26-24(11-18)29(34-33-26)27-12-23-25(19-8-9-35-17-19)15-31-16-28(23)32-27/h6-17,21,32H,1-5H2,(H,33,34). The van der Waals surface area contributed by atoms with E-state index in [9.17, 15) is 0 Å². The van der Waals surface area contributed by atoms with Crippen LogP contribution in [0.1, 0.15) is 32.1 Å². The van der Waals surface area contributed by atoms with Crippen molar-refractivity contribution in [3.63, 3.8) is 0 Å². The molecule has 1 fully saturated rings. The van der Waals surface area contributed by atoms with E-state index in [0.29, 0.717) is 6.10 Å². The third-order valence-electron chi connectivity index (χ3n) is 7.10. The van der Waals surface area contributed by atoms with Gasteiger partial charge in [-0.1, -0.05) is 12.5 Å². The molecule has 0 unspecified atom stereocenters. The van der Waals surface area contributed by atoms with Gasteiger partial charge in [-0.25, -0.2) is 0 Å². The van der Waals surface area contributed by atoms with Crippen LogP contribution in [0.3, 0.4) is 0 Å². The average Bonchev–Trinajstić information content (AvgIpc) is 3.68. The van der Waals surface area contributed by atoms with Crippen LogP contribution in [0.5, 0.6) is 5.75 Å². The van der Waals surface area contributed by atoms with Crippen molar-refractivity contribution in [2.75, 3.05) is 0 Å². The summed E-state index contributed by atoms with van der Waals surface area (Å²) in [5.74, 6) is 0.835. The number of pyridine rings is 2. The molecule has 0 saturated heterocycles. The van der Waals surface area contributed by atoms with Crippen molar-refractivity contribution in [3.8, 4) is 39.4 Å². The SMILES string of the molecule is c1cc(-c2cncc3[nH]c(-c4n[nH]c5ccc(-c6cncc(OC7CCCCC7)c6)cc45)cc23)co1. The molecule has 0 spiro atoms. The Hall–Kier alpha value is -4.39. The van der Waals surface area contributed by atoms with Crippen molar-refractivity contribution in [1.29, 1.82) is 0 Å². The summed E-state index contributed by atoms with van der Waals surface area (Å²) in [6.45, 7) is 0. The predicted octanol–water partition coefficient (Wildman–Crippen LogP) is 7.14. The number of hydrogen-bond acceptors (Lipinski definition) is 5. The summed E-state index contributed by atoms with van der Waals surface area (Å²) in [5.41, 5.74) is 7.84. The van der Waals surface area contributed by atoms with Crippen LogP contribution >= 0.6 is 0 Å². The molecule has 0 aliphatic heterocycles. The third-order valence-corrected chi connectivity index (χ3v) is 7.10. The number of ether oxygens (including phenoxy) is 1. The number of nitrogens with one attached hydrogen (secondary N) is 2. The van der Waals surface area contributed by atoms with Crippen LogP contribution in [0.25, 0.3) is 55.4 Å². The molecule has 0 atom stereocenters. The zero-order valence-corrected chi connectivity index (χ0v) is 19.7. The van der Waals surface area contributed by atoms with E-state index in [1.165, 1.54) is 19.3 Å². The lowest BCUT2D eigenvalue weighted by molar-refractivity contribution is 0.154. The van der Waals surface area contributed by atoms with Crippen LogP contribution in [-0.2, 0) is 0 Å². The van der Waals surface area contributed by atoms with Gasteiger partial charge in [-0.05, 0) is 61.6 Å². The van der Waals surface area contributed by atoms with Crippen LogP contribution < -0.4 is 4.74 Å². The first-order chi connectivity index (χ1) is 17.8. The number of nitrogens with zero attached hydrogens (tertiary/aromatic N) is 3. The summed E-state index contributed by atoms with van der Waals surface area (Å²) in [7, 11) is 0. The lowest BCUT2D eigenvalue weighted by Gasteiger charge is -2.23. The van der Waals surface area contributed by atoms with E-state index in [4.69, 9.17) is 9.15 Å². The van der Waals surface area contributed by atoms with Gasteiger partial charge in [0.25, 0.3) is 0 Å². The molecule has 5 aromatic heterocycles. The Balaban J connectivity index is 1.26. The Bertz CT molecular complexity index is 1660. The van der Waals surface area contributed by atoms with Gasteiger partial charge in [0.2, 0.25) is 0 Å². The molecule has 1 aromatic carbocycles. The normalized spacial score (nSPS) is 14.6. The fourth-order valence-corrected chi connectivity index (χ4v) is 5.24. The average molecular weight is 476 g/mol. The summed E-state index contributed by atoms with van der Waals surface area (Å²) >= 11 is 0. The highest BCUT2D eigenvalue weighted by atomic mass is 16.5. The highest BCUT2D eigenvalue weighted by Crippen LogP contribution is 2.35. The lowest BCUT2D eigenvalue weighted by Crippen LogP contribution is -2.19. The van der Waals surface area contributed by atoms with Crippen LogP contribution in [0.2, 0.25) is 0 Å². The summed E-state index contributed by atoms with van der Waals surface area (Å²) in [6, 6.07) is 12.5. The maximum atomic E-state index is 6.26. The summed E-state index contributed by atoms with van der Waals surface area (Å²) in [4.78, 5) is 12.4. The van der Waals surface area contributed by atoms with E-state index in [-0.39, 0.29) is 0 Å². The molecule has 6 aromatic rings. The van der Waals surface area contributed by atoms with Crippen molar-refractivity contribution >= 4 is 21.8 Å². The number of furan rings is 1. The minimum absolute atomic E-state index is 0.294. The van der Waals surface area contributed by atoms with E-state index >= 15 is 0 Å². The number of H-pyrrole nitrogens is 2. The number of hydrogen-bond donors (Lipinski definition) is 2. The molecular weight excluding hydrogens is 450 g/mol. The van der Waals surface area contributed by atoms with E-state index in [1.807, 2.05) is 30.9 Å². The smallest absolute Gasteiger partial charge is 0.138 e. The van der Waals surface area contributed by atoms with Crippen molar-refractivity contribution in [1.82, 2.24) is 25.1 Å². The van der Waals surface area contributed by atoms with Gasteiger partial charge in [-0.3, -0.25) is 15.1 Å². The molecule has 7 rings (SSSR count). The largest absolute Gasteiger partial charge is 0.489 e. The number of rotatable bonds is 5. The van der Waals surface area contributed by atoms with Crippen LogP contribution in [0.4, 0.5) is 0 Å². The number of aromatic nitrogens is 5. The summed E-state index contributed by atoms with van der Waals surface area (Å²) in [6.07, 6.45) is 17.1. The molecule has 1 aliphatic carbocycles. The minimum Gasteiger partial charge on any atom is -0.489 e. The number of aromatic amines is 2. The molecule has 0 radical (unpaired) electrons. The van der Waals surface area contributed by atoms with Crippen LogP contribution in [0, 0.1) is 0 Å². The highest BCUT2D eigenvalue weighted by Gasteiger charge is 2.17. The topological polar surface area (TPSA) is 92.6 Å². The summed E-state index contributed by atoms with van der Waals surface area (Å²) < 4.78 is 11.6. The van der Waals surface area contributed by atoms with Crippen molar-refractivity contribution in [2.45, 2.75) is 38.2 Å². The van der Waals surface area contributed by atoms with Gasteiger partial charge in [-0.2, -0.15) is 5.10 Å². The van der Waals surface area contributed by atoms with E-state index in [2.05, 4.69) is 55.5 Å². The molecule has 7 heteroatoms. The minimum atomic E-state index is 0.294. The Labute approximate surface area is 207 Å². The second-order valence-electron chi connectivity index (χ2n) is 9.46. The van der Waals surface area contributed by atoms with Gasteiger partial charge in [0.15, 0.2) is 0 Å². The molecular formula is C29H25N5O2. The van der Waals surface area contributed by atoms with Gasteiger partial charge in [0.05, 0.1) is 47.8 Å². The van der Waals surface area contributed by atoms with E-state index in [1.54, 1.807) is 12.5 Å². The fraction of sp³-hybridized carbons (Fsp3) is 0.207. The number of fused-ring (bicyclic) bond motifs is 2. The van der Waals surface area contributed by atoms with Crippen molar-refractivity contribution < 1.29 is 9.15 Å². The zero-order valence-electron chi connectivity index (χ0n) is 19.7. The molecule has 1 saturated carbocycles. The van der Waals surface area contributed by atoms with Gasteiger partial charge in [-0.15, -0.1) is 0 Å². The molecule has 7 nitrogen and oxygen atoms in total. The van der Waals surface area contributed by atoms with Gasteiger partial charge in [0, 0.05) is 39.9 Å². The van der Waals surface area contributed by atoms with Crippen LogP contribution in [0.15, 0.2) is 78.1 Å². The molecule has 36 heavy (non-hydrogen) atoms. The van der Waals surface area contributed by atoms with Gasteiger partial charge in [0.1, 0.15) is 11.4 Å². The molecule has 5 heterocycles. The summed E-state index contributed by atoms with van der Waals surface area (Å²) in [5, 5.41) is 9.94. The highest BCUT2D eigenvalue weighted by molar-refractivity contribution is 6.01. The second-order valence-corrected chi connectivity index (χ2v) is 9.46. The molecule has 0 amide bonds. The molecule has 178 valence electrons. The van der Waals surface area contributed by atoms with Crippen LogP contribution in [-0.4, -0.2) is 31.3 Å². The van der Waals surface area contributed by atoms with Gasteiger partial charge >= 0.3 is 0 Å². The first kappa shape index (κ1) is 20.9. The van der Waals surface area contributed by atoms with Crippen molar-refractivity contribution in [3.05, 3.63) is 73.7 Å². The fourth-order valence-electron chi connectivity index (χ4n) is 5.24. The quantitative estimate of drug-likeness (QED) is 0.276. The first-order valence-electron chi connectivity index (χ1n) is 12.4. The van der Waals surface area contributed by atoms with E-state index < -0.39 is 0 Å². The predicted molar refractivity (Wildman–Crippen MR) is 140 cm³/mol. The molecule has 0 bridgehead atoms. The molecule has 1 aliphatic rings. The monoisotopic (exact) mass is 475 g/mol. The van der Waals surface area contributed by atoms with E-state index in [0.717, 1.165) is 74.0 Å². The van der Waals surface area contributed by atoms with Crippen molar-refractivity contribution in [2.24, 2.45) is 0 Å². The lowest BCUT2D eigenvalue weighted by atomic mass is 9.98. The zero-order chi connectivity index (χ0) is 23.9. The molecule has 2 N–H and O–H groups in total. The number of benzene rings is 1. The second kappa shape index (κ2) is 8.68. The van der Waals surface area contributed by atoms with Gasteiger partial charge < -0.3 is 14.1 Å². The first-order valence-corrected chi connectivity index (χ1v) is 12.4. The Morgan fingerprint density at radius 1 is 0.806 bits per heavy atom.